The van der Waals surface area contributed by atoms with E-state index in [1.807, 2.05) is 23.8 Å². The lowest BCUT2D eigenvalue weighted by atomic mass is 10.1. The summed E-state index contributed by atoms with van der Waals surface area (Å²) in [5.41, 5.74) is 1.20. The first-order valence-electron chi connectivity index (χ1n) is 4.23. The van der Waals surface area contributed by atoms with Crippen molar-refractivity contribution in [3.05, 3.63) is 22.4 Å². The van der Waals surface area contributed by atoms with Gasteiger partial charge in [-0.1, -0.05) is 6.92 Å². The molecule has 2 N–H and O–H groups in total. The van der Waals surface area contributed by atoms with Crippen LogP contribution in [0.2, 0.25) is 0 Å². The van der Waals surface area contributed by atoms with Gasteiger partial charge in [-0.2, -0.15) is 11.3 Å². The molecule has 1 aromatic heterocycles. The molecule has 0 fully saturated rings. The zero-order chi connectivity index (χ0) is 9.68. The molecule has 0 saturated heterocycles. The van der Waals surface area contributed by atoms with Crippen LogP contribution in [0, 0.1) is 0 Å². The van der Waals surface area contributed by atoms with Gasteiger partial charge in [0, 0.05) is 6.04 Å². The van der Waals surface area contributed by atoms with Crippen LogP contribution in [0.3, 0.4) is 0 Å². The molecule has 1 unspecified atom stereocenters. The van der Waals surface area contributed by atoms with Crippen molar-refractivity contribution in [1.29, 1.82) is 0 Å². The number of rotatable bonds is 4. The lowest BCUT2D eigenvalue weighted by Gasteiger charge is -2.13. The Hall–Kier alpha value is -1.03. The quantitative estimate of drug-likeness (QED) is 0.782. The molecule has 0 saturated carbocycles. The van der Waals surface area contributed by atoms with E-state index in [9.17, 15) is 4.79 Å². The highest BCUT2D eigenvalue weighted by Gasteiger charge is 2.09. The minimum Gasteiger partial charge on any atom is -0.465 e. The lowest BCUT2D eigenvalue weighted by Crippen LogP contribution is -2.34. The number of carboxylic acid groups (broad SMARTS) is 1. The fraction of sp³-hybridized carbons (Fsp3) is 0.444. The molecule has 0 aliphatic heterocycles. The molecule has 13 heavy (non-hydrogen) atoms. The molecule has 3 nitrogen and oxygen atoms in total. The van der Waals surface area contributed by atoms with Gasteiger partial charge >= 0.3 is 6.09 Å². The highest BCUT2D eigenvalue weighted by molar-refractivity contribution is 7.07. The largest absolute Gasteiger partial charge is 0.465 e. The molecule has 0 radical (unpaired) electrons. The summed E-state index contributed by atoms with van der Waals surface area (Å²) in [4.78, 5) is 10.4. The molecule has 1 rings (SSSR count). The SMILES string of the molecule is CCC(Cc1ccsc1)NC(=O)O. The number of nitrogens with one attached hydrogen (secondary N) is 1. The van der Waals surface area contributed by atoms with Crippen LogP contribution in [0.25, 0.3) is 0 Å². The molecule has 0 aliphatic carbocycles. The molecular formula is C9H13NO2S. The predicted octanol–water partition coefficient (Wildman–Crippen LogP) is 2.34. The van der Waals surface area contributed by atoms with E-state index in [1.165, 1.54) is 5.56 Å². The monoisotopic (exact) mass is 199 g/mol. The van der Waals surface area contributed by atoms with Crippen molar-refractivity contribution in [3.63, 3.8) is 0 Å². The summed E-state index contributed by atoms with van der Waals surface area (Å²) >= 11 is 1.64. The van der Waals surface area contributed by atoms with Gasteiger partial charge < -0.3 is 10.4 Å². The summed E-state index contributed by atoms with van der Waals surface area (Å²) in [6.07, 6.45) is 0.663. The number of carbonyl (C=O) groups is 1. The third-order valence-electron chi connectivity index (χ3n) is 1.88. The standard InChI is InChI=1S/C9H13NO2S/c1-2-8(10-9(11)12)5-7-3-4-13-6-7/h3-4,6,8,10H,2,5H2,1H3,(H,11,12). The highest BCUT2D eigenvalue weighted by Crippen LogP contribution is 2.09. The van der Waals surface area contributed by atoms with Crippen LogP contribution in [0.15, 0.2) is 16.8 Å². The average molecular weight is 199 g/mol. The van der Waals surface area contributed by atoms with E-state index in [2.05, 4.69) is 5.32 Å². The molecule has 1 heterocycles. The van der Waals surface area contributed by atoms with Gasteiger partial charge in [-0.3, -0.25) is 0 Å². The second kappa shape index (κ2) is 4.87. The summed E-state index contributed by atoms with van der Waals surface area (Å²) in [6, 6.07) is 2.06. The molecule has 0 aliphatic rings. The van der Waals surface area contributed by atoms with Gasteiger partial charge in [0.25, 0.3) is 0 Å². The molecule has 72 valence electrons. The molecule has 1 amide bonds. The summed E-state index contributed by atoms with van der Waals surface area (Å²) < 4.78 is 0. The van der Waals surface area contributed by atoms with Crippen LogP contribution >= 0.6 is 11.3 Å². The van der Waals surface area contributed by atoms with E-state index in [1.54, 1.807) is 11.3 Å². The Kier molecular flexibility index (Phi) is 3.76. The van der Waals surface area contributed by atoms with Gasteiger partial charge in [0.1, 0.15) is 0 Å². The third-order valence-corrected chi connectivity index (χ3v) is 2.61. The fourth-order valence-electron chi connectivity index (χ4n) is 1.17. The molecule has 1 aromatic rings. The van der Waals surface area contributed by atoms with Crippen LogP contribution in [0.1, 0.15) is 18.9 Å². The van der Waals surface area contributed by atoms with Crippen LogP contribution in [-0.2, 0) is 6.42 Å². The normalized spacial score (nSPS) is 12.4. The van der Waals surface area contributed by atoms with Gasteiger partial charge in [-0.05, 0) is 35.2 Å². The molecule has 0 spiro atoms. The first kappa shape index (κ1) is 10.1. The van der Waals surface area contributed by atoms with Crippen molar-refractivity contribution < 1.29 is 9.90 Å². The zero-order valence-corrected chi connectivity index (χ0v) is 8.30. The smallest absolute Gasteiger partial charge is 0.404 e. The van der Waals surface area contributed by atoms with Crippen LogP contribution in [0.4, 0.5) is 4.79 Å². The highest BCUT2D eigenvalue weighted by atomic mass is 32.1. The van der Waals surface area contributed by atoms with E-state index in [4.69, 9.17) is 5.11 Å². The Morgan fingerprint density at radius 2 is 2.54 bits per heavy atom. The number of thiophene rings is 1. The van der Waals surface area contributed by atoms with Gasteiger partial charge in [-0.15, -0.1) is 0 Å². The first-order valence-corrected chi connectivity index (χ1v) is 5.17. The van der Waals surface area contributed by atoms with Gasteiger partial charge in [0.15, 0.2) is 0 Å². The maximum atomic E-state index is 10.4. The van der Waals surface area contributed by atoms with E-state index in [0.29, 0.717) is 0 Å². The maximum Gasteiger partial charge on any atom is 0.404 e. The van der Waals surface area contributed by atoms with Crippen molar-refractivity contribution in [2.24, 2.45) is 0 Å². The molecule has 4 heteroatoms. The first-order chi connectivity index (χ1) is 6.22. The van der Waals surface area contributed by atoms with E-state index < -0.39 is 6.09 Å². The summed E-state index contributed by atoms with van der Waals surface area (Å²) in [6.45, 7) is 1.98. The van der Waals surface area contributed by atoms with Gasteiger partial charge in [0.2, 0.25) is 0 Å². The second-order valence-electron chi connectivity index (χ2n) is 2.89. The number of amides is 1. The van der Waals surface area contributed by atoms with E-state index in [0.717, 1.165) is 12.8 Å². The minimum absolute atomic E-state index is 0.0344. The van der Waals surface area contributed by atoms with E-state index >= 15 is 0 Å². The predicted molar refractivity (Wildman–Crippen MR) is 53.3 cm³/mol. The molecule has 1 atom stereocenters. The minimum atomic E-state index is -0.943. The molecule has 0 bridgehead atoms. The maximum absolute atomic E-state index is 10.4. The summed E-state index contributed by atoms with van der Waals surface area (Å²) in [5.74, 6) is 0. The van der Waals surface area contributed by atoms with Crippen molar-refractivity contribution >= 4 is 17.4 Å². The van der Waals surface area contributed by atoms with Crippen molar-refractivity contribution in [2.75, 3.05) is 0 Å². The average Bonchev–Trinajstić information content (AvgIpc) is 2.55. The van der Waals surface area contributed by atoms with Crippen LogP contribution < -0.4 is 5.32 Å². The molecular weight excluding hydrogens is 186 g/mol. The van der Waals surface area contributed by atoms with Crippen LogP contribution in [-0.4, -0.2) is 17.2 Å². The molecule has 0 aromatic carbocycles. The van der Waals surface area contributed by atoms with Crippen molar-refractivity contribution in [2.45, 2.75) is 25.8 Å². The van der Waals surface area contributed by atoms with E-state index in [-0.39, 0.29) is 6.04 Å². The Balaban J connectivity index is 2.45. The summed E-state index contributed by atoms with van der Waals surface area (Å²) in [7, 11) is 0. The fourth-order valence-corrected chi connectivity index (χ4v) is 1.85. The topological polar surface area (TPSA) is 49.3 Å². The Morgan fingerprint density at radius 1 is 1.77 bits per heavy atom. The summed E-state index contributed by atoms with van der Waals surface area (Å²) in [5, 5.41) is 15.1. The Bertz CT molecular complexity index is 259. The van der Waals surface area contributed by atoms with Gasteiger partial charge in [0.05, 0.1) is 0 Å². The van der Waals surface area contributed by atoms with Crippen molar-refractivity contribution in [1.82, 2.24) is 5.32 Å². The second-order valence-corrected chi connectivity index (χ2v) is 3.67. The Labute approximate surface area is 81.4 Å². The van der Waals surface area contributed by atoms with Crippen LogP contribution in [0.5, 0.6) is 0 Å². The third kappa shape index (κ3) is 3.46. The zero-order valence-electron chi connectivity index (χ0n) is 7.49. The van der Waals surface area contributed by atoms with Gasteiger partial charge in [-0.25, -0.2) is 4.79 Å². The lowest BCUT2D eigenvalue weighted by molar-refractivity contribution is 0.189. The Morgan fingerprint density at radius 3 is 3.00 bits per heavy atom. The van der Waals surface area contributed by atoms with Crippen molar-refractivity contribution in [3.8, 4) is 0 Å². The number of hydrogen-bond acceptors (Lipinski definition) is 2. The number of hydrogen-bond donors (Lipinski definition) is 2.